The summed E-state index contributed by atoms with van der Waals surface area (Å²) >= 11 is 6.08. The lowest BCUT2D eigenvalue weighted by atomic mass is 10.2. The van der Waals surface area contributed by atoms with Gasteiger partial charge < -0.3 is 15.2 Å². The van der Waals surface area contributed by atoms with E-state index in [2.05, 4.69) is 0 Å². The Morgan fingerprint density at radius 1 is 1.38 bits per heavy atom. The second kappa shape index (κ2) is 6.74. The highest BCUT2D eigenvalue weighted by Gasteiger charge is 2.04. The minimum atomic E-state index is 0.122. The first-order valence-electron chi connectivity index (χ1n) is 5.36. The molecule has 0 spiro atoms. The smallest absolute Gasteiger partial charge is 0.138 e. The molecule has 0 radical (unpaired) electrons. The van der Waals surface area contributed by atoms with Crippen LogP contribution in [-0.2, 0) is 11.3 Å². The maximum absolute atomic E-state index is 6.08. The summed E-state index contributed by atoms with van der Waals surface area (Å²) < 4.78 is 10.9. The average Bonchev–Trinajstić information content (AvgIpc) is 2.22. The summed E-state index contributed by atoms with van der Waals surface area (Å²) in [5, 5.41) is 0.613. The van der Waals surface area contributed by atoms with Crippen molar-refractivity contribution < 1.29 is 9.47 Å². The molecule has 3 nitrogen and oxygen atoms in total. The first-order chi connectivity index (χ1) is 7.63. The normalized spacial score (nSPS) is 10.8. The van der Waals surface area contributed by atoms with Gasteiger partial charge in [-0.15, -0.1) is 0 Å². The third kappa shape index (κ3) is 4.39. The van der Waals surface area contributed by atoms with Crippen molar-refractivity contribution in [3.8, 4) is 5.75 Å². The Balaban J connectivity index is 2.60. The maximum atomic E-state index is 6.08. The molecule has 0 atom stereocenters. The van der Waals surface area contributed by atoms with Gasteiger partial charge >= 0.3 is 0 Å². The van der Waals surface area contributed by atoms with Gasteiger partial charge in [0, 0.05) is 6.54 Å². The zero-order valence-electron chi connectivity index (χ0n) is 9.70. The van der Waals surface area contributed by atoms with E-state index < -0.39 is 0 Å². The van der Waals surface area contributed by atoms with Gasteiger partial charge in [0.05, 0.1) is 24.3 Å². The highest BCUT2D eigenvalue weighted by Crippen LogP contribution is 2.26. The molecule has 0 aliphatic carbocycles. The Kier molecular flexibility index (Phi) is 5.60. The van der Waals surface area contributed by atoms with E-state index in [-0.39, 0.29) is 6.10 Å². The van der Waals surface area contributed by atoms with E-state index in [0.29, 0.717) is 30.5 Å². The van der Waals surface area contributed by atoms with Crippen molar-refractivity contribution in [1.29, 1.82) is 0 Å². The lowest BCUT2D eigenvalue weighted by molar-refractivity contribution is 0.128. The number of nitrogens with two attached hydrogens (primary N) is 1. The van der Waals surface area contributed by atoms with Gasteiger partial charge in [0.15, 0.2) is 0 Å². The van der Waals surface area contributed by atoms with Crippen LogP contribution in [0.1, 0.15) is 19.4 Å². The zero-order valence-corrected chi connectivity index (χ0v) is 10.5. The number of halogens is 1. The van der Waals surface area contributed by atoms with E-state index >= 15 is 0 Å². The first kappa shape index (κ1) is 13.3. The molecule has 0 aliphatic heterocycles. The molecule has 1 aromatic carbocycles. The fraction of sp³-hybridized carbons (Fsp3) is 0.500. The summed E-state index contributed by atoms with van der Waals surface area (Å²) in [6, 6.07) is 5.67. The molecule has 0 fully saturated rings. The molecule has 0 aliphatic rings. The molecule has 0 aromatic heterocycles. The Bertz CT molecular complexity index is 329. The van der Waals surface area contributed by atoms with Crippen LogP contribution in [-0.4, -0.2) is 19.3 Å². The van der Waals surface area contributed by atoms with Crippen molar-refractivity contribution in [3.05, 3.63) is 28.8 Å². The predicted octanol–water partition coefficient (Wildman–Crippen LogP) is 2.60. The topological polar surface area (TPSA) is 44.5 Å². The molecule has 0 unspecified atom stereocenters. The van der Waals surface area contributed by atoms with Gasteiger partial charge in [-0.05, 0) is 31.5 Å². The van der Waals surface area contributed by atoms with E-state index in [1.807, 2.05) is 32.0 Å². The number of hydrogen-bond donors (Lipinski definition) is 1. The van der Waals surface area contributed by atoms with E-state index in [1.54, 1.807) is 0 Å². The van der Waals surface area contributed by atoms with Crippen molar-refractivity contribution in [2.75, 3.05) is 13.2 Å². The highest BCUT2D eigenvalue weighted by molar-refractivity contribution is 6.32. The average molecular weight is 244 g/mol. The minimum absolute atomic E-state index is 0.122. The van der Waals surface area contributed by atoms with Crippen molar-refractivity contribution in [2.24, 2.45) is 5.73 Å². The van der Waals surface area contributed by atoms with Crippen LogP contribution >= 0.6 is 11.6 Å². The van der Waals surface area contributed by atoms with E-state index in [9.17, 15) is 0 Å². The van der Waals surface area contributed by atoms with Crippen LogP contribution in [0.25, 0.3) is 0 Å². The number of hydrogen-bond acceptors (Lipinski definition) is 3. The predicted molar refractivity (Wildman–Crippen MR) is 65.9 cm³/mol. The van der Waals surface area contributed by atoms with Gasteiger partial charge in [-0.2, -0.15) is 0 Å². The number of rotatable bonds is 6. The fourth-order valence-corrected chi connectivity index (χ4v) is 1.50. The van der Waals surface area contributed by atoms with Crippen molar-refractivity contribution >= 4 is 11.6 Å². The lowest BCUT2D eigenvalue weighted by Crippen LogP contribution is -2.08. The van der Waals surface area contributed by atoms with Crippen LogP contribution in [0.5, 0.6) is 5.75 Å². The molecule has 90 valence electrons. The molecule has 16 heavy (non-hydrogen) atoms. The van der Waals surface area contributed by atoms with Crippen molar-refractivity contribution in [2.45, 2.75) is 26.6 Å². The molecule has 4 heteroatoms. The maximum Gasteiger partial charge on any atom is 0.138 e. The van der Waals surface area contributed by atoms with Gasteiger partial charge in [0.1, 0.15) is 5.75 Å². The van der Waals surface area contributed by atoms with E-state index in [4.69, 9.17) is 26.8 Å². The molecule has 0 bridgehead atoms. The highest BCUT2D eigenvalue weighted by atomic mass is 35.5. The molecule has 0 saturated carbocycles. The zero-order chi connectivity index (χ0) is 12.0. The number of benzene rings is 1. The van der Waals surface area contributed by atoms with Gasteiger partial charge in [-0.1, -0.05) is 17.7 Å². The van der Waals surface area contributed by atoms with Crippen molar-refractivity contribution in [1.82, 2.24) is 0 Å². The standard InChI is InChI=1S/C12H18ClNO2/c1-9(2)16-12-4-3-10(7-11(12)13)8-15-6-5-14/h3-4,7,9H,5-6,8,14H2,1-2H3. The minimum Gasteiger partial charge on any atom is -0.489 e. The summed E-state index contributed by atoms with van der Waals surface area (Å²) in [7, 11) is 0. The van der Waals surface area contributed by atoms with Crippen LogP contribution in [0, 0.1) is 0 Å². The quantitative estimate of drug-likeness (QED) is 0.782. The summed E-state index contributed by atoms with van der Waals surface area (Å²) in [5.41, 5.74) is 6.35. The summed E-state index contributed by atoms with van der Waals surface area (Å²) in [6.45, 7) is 5.55. The molecule has 2 N–H and O–H groups in total. The molecule has 0 amide bonds. The molecular weight excluding hydrogens is 226 g/mol. The summed E-state index contributed by atoms with van der Waals surface area (Å²) in [6.07, 6.45) is 0.122. The van der Waals surface area contributed by atoms with Crippen LogP contribution in [0.15, 0.2) is 18.2 Å². The second-order valence-electron chi connectivity index (χ2n) is 3.77. The van der Waals surface area contributed by atoms with Crippen LogP contribution in [0.2, 0.25) is 5.02 Å². The molecule has 1 rings (SSSR count). The largest absolute Gasteiger partial charge is 0.489 e. The molecule has 0 saturated heterocycles. The van der Waals surface area contributed by atoms with Crippen LogP contribution in [0.3, 0.4) is 0 Å². The van der Waals surface area contributed by atoms with Crippen LogP contribution < -0.4 is 10.5 Å². The summed E-state index contributed by atoms with van der Waals surface area (Å²) in [5.74, 6) is 0.708. The molecule has 1 aromatic rings. The Hall–Kier alpha value is -0.770. The Morgan fingerprint density at radius 3 is 2.69 bits per heavy atom. The second-order valence-corrected chi connectivity index (χ2v) is 4.18. The fourth-order valence-electron chi connectivity index (χ4n) is 1.26. The third-order valence-electron chi connectivity index (χ3n) is 1.89. The monoisotopic (exact) mass is 243 g/mol. The van der Waals surface area contributed by atoms with Gasteiger partial charge in [0.25, 0.3) is 0 Å². The SMILES string of the molecule is CC(C)Oc1ccc(COCCN)cc1Cl. The Morgan fingerprint density at radius 2 is 2.12 bits per heavy atom. The van der Waals surface area contributed by atoms with E-state index in [0.717, 1.165) is 5.56 Å². The third-order valence-corrected chi connectivity index (χ3v) is 2.19. The van der Waals surface area contributed by atoms with Gasteiger partial charge in [-0.3, -0.25) is 0 Å². The lowest BCUT2D eigenvalue weighted by Gasteiger charge is -2.12. The van der Waals surface area contributed by atoms with Crippen molar-refractivity contribution in [3.63, 3.8) is 0 Å². The Labute approximate surface area is 101 Å². The van der Waals surface area contributed by atoms with Crippen LogP contribution in [0.4, 0.5) is 0 Å². The van der Waals surface area contributed by atoms with E-state index in [1.165, 1.54) is 0 Å². The molecular formula is C12H18ClNO2. The van der Waals surface area contributed by atoms with Gasteiger partial charge in [0.2, 0.25) is 0 Å². The first-order valence-corrected chi connectivity index (χ1v) is 5.74. The number of ether oxygens (including phenoxy) is 2. The van der Waals surface area contributed by atoms with Gasteiger partial charge in [-0.25, -0.2) is 0 Å². The summed E-state index contributed by atoms with van der Waals surface area (Å²) in [4.78, 5) is 0. The molecule has 0 heterocycles.